The van der Waals surface area contributed by atoms with Gasteiger partial charge in [0.2, 0.25) is 59.1 Å². The van der Waals surface area contributed by atoms with E-state index < -0.39 is 157 Å². The topological polar surface area (TPSA) is 468 Å². The number of carboxylic acids is 2. The average Bonchev–Trinajstić information content (AvgIpc) is 1.62. The highest BCUT2D eigenvalue weighted by Crippen LogP contribution is 2.28. The number of aromatic hydroxyl groups is 1. The van der Waals surface area contributed by atoms with Gasteiger partial charge in [0.15, 0.2) is 0 Å². The van der Waals surface area contributed by atoms with Gasteiger partial charge in [-0.15, -0.1) is 0 Å². The lowest BCUT2D eigenvalue weighted by Crippen LogP contribution is -2.60. The van der Waals surface area contributed by atoms with Crippen LogP contribution in [0.3, 0.4) is 0 Å². The van der Waals surface area contributed by atoms with Crippen molar-refractivity contribution in [2.45, 2.75) is 195 Å². The van der Waals surface area contributed by atoms with Gasteiger partial charge < -0.3 is 88.7 Å². The highest BCUT2D eigenvalue weighted by molar-refractivity contribution is 7.98. The van der Waals surface area contributed by atoms with Crippen molar-refractivity contribution in [1.29, 1.82) is 0 Å². The summed E-state index contributed by atoms with van der Waals surface area (Å²) in [5.74, 6) is -12.1. The second-order valence-electron chi connectivity index (χ2n) is 25.1. The van der Waals surface area contributed by atoms with Crippen LogP contribution < -0.4 is 58.7 Å². The number of ether oxygens (including phenoxy) is 1. The second kappa shape index (κ2) is 39.6. The smallest absolute Gasteiger partial charge is 0.305 e. The van der Waals surface area contributed by atoms with Crippen LogP contribution in [0, 0.1) is 5.92 Å². The maximum atomic E-state index is 15.1. The first-order valence-corrected chi connectivity index (χ1v) is 35.4. The molecular weight excluding hydrogens is 1310 g/mol. The third-order valence-electron chi connectivity index (χ3n) is 16.7. The first-order valence-electron chi connectivity index (χ1n) is 33.1. The molecule has 11 amide bonds. The highest BCUT2D eigenvalue weighted by Gasteiger charge is 2.42. The third-order valence-corrected chi connectivity index (χ3v) is 18.9. The van der Waals surface area contributed by atoms with Gasteiger partial charge in [-0.1, -0.05) is 37.2 Å². The summed E-state index contributed by atoms with van der Waals surface area (Å²) in [5.41, 5.74) is 13.5. The number of carbonyl (C=O) groups excluding carboxylic acids is 11. The van der Waals surface area contributed by atoms with E-state index in [-0.39, 0.29) is 92.9 Å². The Balaban J connectivity index is 1.40. The number of fused-ring (bicyclic) bond motifs is 7. The molecule has 2 aromatic carbocycles. The van der Waals surface area contributed by atoms with Crippen molar-refractivity contribution in [1.82, 2.24) is 52.3 Å². The number of phenolic OH excluding ortho intramolecular Hbond substituents is 1. The maximum Gasteiger partial charge on any atom is 0.305 e. The summed E-state index contributed by atoms with van der Waals surface area (Å²) < 4.78 is 6.28. The van der Waals surface area contributed by atoms with Gasteiger partial charge in [-0.3, -0.25) is 62.3 Å². The molecule has 0 aromatic heterocycles. The van der Waals surface area contributed by atoms with Crippen LogP contribution in [0.5, 0.6) is 11.5 Å². The summed E-state index contributed by atoms with van der Waals surface area (Å²) >= 11 is 2.45. The van der Waals surface area contributed by atoms with Gasteiger partial charge in [0.25, 0.3) is 5.91 Å². The number of aliphatic carboxylic acids is 2. The van der Waals surface area contributed by atoms with Crippen LogP contribution in [0.25, 0.3) is 0 Å². The normalized spacial score (nSPS) is 26.0. The van der Waals surface area contributed by atoms with E-state index in [1.54, 1.807) is 19.9 Å². The number of benzene rings is 2. The molecule has 4 heterocycles. The minimum Gasteiger partial charge on any atom is -0.508 e. The lowest BCUT2D eigenvalue weighted by molar-refractivity contribution is -0.144. The number of amides is 11. The van der Waals surface area contributed by atoms with Crippen LogP contribution in [0.4, 0.5) is 0 Å². The monoisotopic (exact) mass is 1410 g/mol. The van der Waals surface area contributed by atoms with E-state index in [9.17, 15) is 72.9 Å². The summed E-state index contributed by atoms with van der Waals surface area (Å²) in [6.45, 7) is 5.61. The molecule has 2 saturated heterocycles. The number of nitrogens with zero attached hydrogens (tertiary/aromatic N) is 3. The molecule has 6 rings (SSSR count). The van der Waals surface area contributed by atoms with E-state index >= 15 is 4.79 Å². The molecule has 0 aliphatic carbocycles. The zero-order valence-electron chi connectivity index (χ0n) is 55.4. The van der Waals surface area contributed by atoms with E-state index in [1.807, 2.05) is 12.1 Å². The fourth-order valence-electron chi connectivity index (χ4n) is 11.6. The molecule has 4 bridgehead atoms. The average molecular weight is 1410 g/mol. The van der Waals surface area contributed by atoms with Crippen LogP contribution in [-0.2, 0) is 85.1 Å². The molecule has 2 aromatic rings. The van der Waals surface area contributed by atoms with E-state index in [4.69, 9.17) is 21.0 Å². The van der Waals surface area contributed by atoms with Crippen molar-refractivity contribution < 1.29 is 87.2 Å². The van der Waals surface area contributed by atoms with Crippen molar-refractivity contribution >= 4 is 107 Å². The molecule has 0 saturated carbocycles. The van der Waals surface area contributed by atoms with E-state index in [0.29, 0.717) is 67.7 Å². The van der Waals surface area contributed by atoms with Crippen molar-refractivity contribution in [2.75, 3.05) is 44.4 Å². The largest absolute Gasteiger partial charge is 0.508 e. The number of hydrogen-bond acceptors (Lipinski definition) is 20. The number of oxime groups is 1. The standard InChI is InChI=1S/C65H93N13O18S2/c1-37(2)26-46-60(89)72-48(31-55(83)84)59(88)69-38(3)64(93)77-22-10-13-51(77)62(91)74-47(30-39-15-17-42(79)18-16-39)61(90)71-45(19-20-54(81)82)58(87)75-49(56(67)85)35-97-33-40-27-41-29-43(28-40)95-24-8-4-5-9-25-96-68-32-53(80)70-44(12-6-7-21-66)57(86)76-50(36-98-34-41)65(94)78-23-11-14-52(78)63(92)73-46/h15-18,27-29,32,37-38,44-52,79H,4-14,19-26,30-31,33-36,66H2,1-3H3,(H2,67,85)(H,69,88)(H,70,80)(H,71,90)(H,72,89)(H,73,92)(H,74,91)(H,75,87)(H,76,86)(H,81,82)(H,83,84)/b68-32+/t38-,44-,45-,46-,47-,48-,49-,50-,51-,52-/m0/s1. The van der Waals surface area contributed by atoms with Crippen LogP contribution in [-0.4, -0.2) is 213 Å². The number of primary amides is 1. The van der Waals surface area contributed by atoms with Crippen LogP contribution in [0.15, 0.2) is 47.6 Å². The summed E-state index contributed by atoms with van der Waals surface area (Å²) in [6.07, 6.45) is 3.08. The predicted octanol–water partition coefficient (Wildman–Crippen LogP) is -0.0497. The molecule has 0 spiro atoms. The number of rotatable bonds is 14. The van der Waals surface area contributed by atoms with Crippen molar-refractivity contribution in [3.05, 3.63) is 59.2 Å². The predicted molar refractivity (Wildman–Crippen MR) is 360 cm³/mol. The molecule has 538 valence electrons. The molecule has 98 heavy (non-hydrogen) atoms. The Bertz CT molecular complexity index is 3180. The van der Waals surface area contributed by atoms with Gasteiger partial charge in [0, 0.05) is 48.9 Å². The summed E-state index contributed by atoms with van der Waals surface area (Å²) in [6, 6.07) is -3.10. The summed E-state index contributed by atoms with van der Waals surface area (Å²) in [7, 11) is 0. The number of nitrogens with one attached hydrogen (secondary N) is 8. The van der Waals surface area contributed by atoms with Crippen molar-refractivity contribution in [3.8, 4) is 11.5 Å². The van der Waals surface area contributed by atoms with Gasteiger partial charge in [-0.2, -0.15) is 23.5 Å². The molecule has 33 heteroatoms. The zero-order valence-corrected chi connectivity index (χ0v) is 57.1. The van der Waals surface area contributed by atoms with E-state index in [1.165, 1.54) is 59.6 Å². The summed E-state index contributed by atoms with van der Waals surface area (Å²) in [4.78, 5) is 189. The molecule has 2 fully saturated rings. The molecular formula is C65H93N13O18S2. The van der Waals surface area contributed by atoms with Crippen LogP contribution in [0.2, 0.25) is 0 Å². The van der Waals surface area contributed by atoms with Gasteiger partial charge in [-0.25, -0.2) is 0 Å². The Morgan fingerprint density at radius 3 is 1.81 bits per heavy atom. The Labute approximate surface area is 576 Å². The van der Waals surface area contributed by atoms with Gasteiger partial charge in [0.05, 0.1) is 13.0 Å². The first-order chi connectivity index (χ1) is 46.8. The fraction of sp³-hybridized carbons (Fsp3) is 0.600. The van der Waals surface area contributed by atoms with Gasteiger partial charge in [0.1, 0.15) is 84.7 Å². The number of unbranched alkanes of at least 4 members (excludes halogenated alkanes) is 1. The Kier molecular flexibility index (Phi) is 31.6. The second-order valence-corrected chi connectivity index (χ2v) is 27.2. The lowest BCUT2D eigenvalue weighted by Gasteiger charge is -2.31. The number of hydrogen-bond donors (Lipinski definition) is 13. The van der Waals surface area contributed by atoms with Crippen molar-refractivity contribution in [2.24, 2.45) is 22.5 Å². The minimum atomic E-state index is -1.83. The molecule has 31 nitrogen and oxygen atoms in total. The molecule has 10 atom stereocenters. The molecule has 0 unspecified atom stereocenters. The first kappa shape index (κ1) is 78.3. The van der Waals surface area contributed by atoms with E-state index in [0.717, 1.165) is 24.0 Å². The Morgan fingerprint density at radius 2 is 1.18 bits per heavy atom. The van der Waals surface area contributed by atoms with Crippen LogP contribution >= 0.6 is 23.5 Å². The zero-order chi connectivity index (χ0) is 71.4. The highest BCUT2D eigenvalue weighted by atomic mass is 32.2. The third kappa shape index (κ3) is 25.3. The number of thioether (sulfide) groups is 2. The van der Waals surface area contributed by atoms with Gasteiger partial charge >= 0.3 is 11.9 Å². The molecule has 4 aliphatic heterocycles. The molecule has 0 radical (unpaired) electrons. The fourth-order valence-corrected chi connectivity index (χ4v) is 13.6. The number of phenols is 1. The lowest BCUT2D eigenvalue weighted by atomic mass is 10.0. The van der Waals surface area contributed by atoms with Gasteiger partial charge in [-0.05, 0) is 144 Å². The van der Waals surface area contributed by atoms with Crippen molar-refractivity contribution in [3.63, 3.8) is 0 Å². The Morgan fingerprint density at radius 1 is 0.622 bits per heavy atom. The number of nitrogens with two attached hydrogens (primary N) is 2. The quantitative estimate of drug-likeness (QED) is 0.110. The van der Waals surface area contributed by atoms with Crippen LogP contribution in [0.1, 0.15) is 134 Å². The number of carboxylic acid groups (broad SMARTS) is 2. The Hall–Kier alpha value is -8.72. The molecule has 4 aliphatic rings. The number of carbonyl (C=O) groups is 13. The minimum absolute atomic E-state index is 0.0168. The van der Waals surface area contributed by atoms with E-state index in [2.05, 4.69) is 47.7 Å². The SMILES string of the molecule is CC(C)C[C@@H]1NC(=O)[C@@H]2CCCN2C(=O)[C@@H]2CSCc3cc(cc(c3)OCCCCCCO/N=C/C(=O)N[C@@H](CCCCN)C(=O)N2)CSC[C@@H](C(N)=O)NC(=O)[C@H](CCC(=O)O)NC(=O)[C@H](Cc2ccc(O)cc2)NC(=O)[C@@H]2CCCN2C(=O)[C@H](C)NC(=O)[C@H](CC(=O)O)NC1=O. The molecule has 15 N–H and O–H groups in total. The summed E-state index contributed by atoms with van der Waals surface area (Å²) in [5, 5.41) is 54.5. The maximum absolute atomic E-state index is 15.1.